The van der Waals surface area contributed by atoms with Crippen LogP contribution in [0.5, 0.6) is 0 Å². The highest BCUT2D eigenvalue weighted by Gasteiger charge is 2.27. The molecule has 3 nitrogen and oxygen atoms in total. The molecule has 0 aromatic heterocycles. The Labute approximate surface area is 65.1 Å². The van der Waals surface area contributed by atoms with Crippen molar-refractivity contribution < 1.29 is 4.79 Å². The zero-order valence-corrected chi connectivity index (χ0v) is 6.86. The highest BCUT2D eigenvalue weighted by molar-refractivity contribution is 7.97. The normalized spacial score (nSPS) is 26.0. The first kappa shape index (κ1) is 7.88. The second-order valence-corrected chi connectivity index (χ2v) is 3.33. The molecule has 0 aromatic rings. The molecule has 1 atom stereocenters. The van der Waals surface area contributed by atoms with Gasteiger partial charge in [0.2, 0.25) is 5.91 Å². The number of hydrogen-bond acceptors (Lipinski definition) is 3. The van der Waals surface area contributed by atoms with Crippen molar-refractivity contribution in [3.05, 3.63) is 0 Å². The fraction of sp³-hybridized carbons (Fsp3) is 0.833. The average Bonchev–Trinajstić information content (AvgIpc) is 2.30. The summed E-state index contributed by atoms with van der Waals surface area (Å²) in [5, 5.41) is 5.68. The van der Waals surface area contributed by atoms with Gasteiger partial charge in [0.25, 0.3) is 0 Å². The van der Waals surface area contributed by atoms with Crippen molar-refractivity contribution in [2.24, 2.45) is 5.14 Å². The molecule has 1 unspecified atom stereocenters. The Hall–Kier alpha value is -0.220. The lowest BCUT2D eigenvalue weighted by molar-refractivity contribution is -0.127. The third kappa shape index (κ3) is 1.44. The van der Waals surface area contributed by atoms with E-state index in [2.05, 4.69) is 0 Å². The van der Waals surface area contributed by atoms with Gasteiger partial charge in [-0.25, -0.2) is 0 Å². The topological polar surface area (TPSA) is 46.3 Å². The van der Waals surface area contributed by atoms with Gasteiger partial charge in [-0.1, -0.05) is 11.9 Å². The molecule has 1 heterocycles. The minimum atomic E-state index is 0.241. The molecule has 0 aliphatic carbocycles. The van der Waals surface area contributed by atoms with Crippen molar-refractivity contribution in [3.8, 4) is 0 Å². The number of rotatable bonds is 2. The van der Waals surface area contributed by atoms with Gasteiger partial charge in [-0.2, -0.15) is 0 Å². The Morgan fingerprint density at radius 3 is 2.90 bits per heavy atom. The van der Waals surface area contributed by atoms with Crippen molar-refractivity contribution in [2.45, 2.75) is 18.6 Å². The Morgan fingerprint density at radius 1 is 1.90 bits per heavy atom. The second kappa shape index (κ2) is 3.25. The van der Waals surface area contributed by atoms with E-state index in [0.717, 1.165) is 13.1 Å². The van der Waals surface area contributed by atoms with Gasteiger partial charge >= 0.3 is 0 Å². The molecule has 0 bridgehead atoms. The molecule has 1 aliphatic heterocycles. The van der Waals surface area contributed by atoms with E-state index in [9.17, 15) is 4.79 Å². The van der Waals surface area contributed by atoms with Crippen LogP contribution < -0.4 is 5.14 Å². The molecule has 1 fully saturated rings. The van der Waals surface area contributed by atoms with Gasteiger partial charge in [-0.15, -0.1) is 0 Å². The summed E-state index contributed by atoms with van der Waals surface area (Å²) in [5.74, 6) is 0.241. The average molecular weight is 160 g/mol. The molecule has 2 N–H and O–H groups in total. The van der Waals surface area contributed by atoms with Crippen LogP contribution in [-0.4, -0.2) is 29.1 Å². The van der Waals surface area contributed by atoms with E-state index in [-0.39, 0.29) is 5.91 Å². The molecule has 1 aliphatic rings. The van der Waals surface area contributed by atoms with E-state index in [0.29, 0.717) is 11.7 Å². The number of nitrogens with two attached hydrogens (primary N) is 1. The molecule has 0 radical (unpaired) electrons. The summed E-state index contributed by atoms with van der Waals surface area (Å²) in [6.45, 7) is 3.63. The maximum absolute atomic E-state index is 11.0. The summed E-state index contributed by atoms with van der Waals surface area (Å²) in [7, 11) is 0. The fourth-order valence-corrected chi connectivity index (χ4v) is 1.64. The third-order valence-electron chi connectivity index (χ3n) is 1.75. The predicted molar refractivity (Wildman–Crippen MR) is 42.4 cm³/mol. The van der Waals surface area contributed by atoms with E-state index in [1.165, 1.54) is 11.9 Å². The largest absolute Gasteiger partial charge is 0.342 e. The lowest BCUT2D eigenvalue weighted by Gasteiger charge is -2.11. The number of hydrogen-bond donors (Lipinski definition) is 1. The summed E-state index contributed by atoms with van der Waals surface area (Å²) in [6, 6.07) is 0. The van der Waals surface area contributed by atoms with E-state index >= 15 is 0 Å². The van der Waals surface area contributed by atoms with Gasteiger partial charge < -0.3 is 4.90 Å². The van der Waals surface area contributed by atoms with E-state index in [1.807, 2.05) is 11.8 Å². The lowest BCUT2D eigenvalue weighted by Crippen LogP contribution is -2.24. The summed E-state index contributed by atoms with van der Waals surface area (Å²) in [5.41, 5.74) is 0. The maximum atomic E-state index is 11.0. The summed E-state index contributed by atoms with van der Waals surface area (Å²) < 4.78 is 0. The van der Waals surface area contributed by atoms with Crippen LogP contribution in [-0.2, 0) is 4.79 Å². The Kier molecular flexibility index (Phi) is 2.56. The summed E-state index contributed by atoms with van der Waals surface area (Å²) in [6.07, 6.45) is 0.620. The third-order valence-corrected chi connectivity index (χ3v) is 2.45. The molecule has 1 amide bonds. The van der Waals surface area contributed by atoms with Crippen molar-refractivity contribution in [1.29, 1.82) is 0 Å². The van der Waals surface area contributed by atoms with Gasteiger partial charge in [-0.05, 0) is 6.92 Å². The highest BCUT2D eigenvalue weighted by Crippen LogP contribution is 2.18. The minimum Gasteiger partial charge on any atom is -0.342 e. The molecule has 0 aromatic carbocycles. The summed E-state index contributed by atoms with van der Waals surface area (Å²) in [4.78, 5) is 12.9. The predicted octanol–water partition coefficient (Wildman–Crippen LogP) is 0.214. The van der Waals surface area contributed by atoms with Crippen LogP contribution in [0.2, 0.25) is 0 Å². The van der Waals surface area contributed by atoms with E-state index in [4.69, 9.17) is 5.14 Å². The van der Waals surface area contributed by atoms with Crippen LogP contribution in [0.3, 0.4) is 0 Å². The number of amides is 1. The molecule has 0 saturated carbocycles. The van der Waals surface area contributed by atoms with Gasteiger partial charge in [-0.3, -0.25) is 9.93 Å². The molecule has 1 saturated heterocycles. The zero-order valence-electron chi connectivity index (χ0n) is 6.04. The first-order valence-electron chi connectivity index (χ1n) is 3.41. The van der Waals surface area contributed by atoms with Crippen molar-refractivity contribution in [1.82, 2.24) is 4.90 Å². The standard InChI is InChI=1S/C6H12N2OS/c1-2-8-4-5(10-7)3-6(8)9/h5H,2-4,7H2,1H3. The molecule has 1 rings (SSSR count). The highest BCUT2D eigenvalue weighted by atomic mass is 32.2. The van der Waals surface area contributed by atoms with Crippen LogP contribution in [0, 0.1) is 0 Å². The maximum Gasteiger partial charge on any atom is 0.223 e. The molecule has 4 heteroatoms. The lowest BCUT2D eigenvalue weighted by atomic mass is 10.4. The van der Waals surface area contributed by atoms with Crippen molar-refractivity contribution in [3.63, 3.8) is 0 Å². The number of carbonyl (C=O) groups excluding carboxylic acids is 1. The molecule has 0 spiro atoms. The van der Waals surface area contributed by atoms with Gasteiger partial charge in [0.1, 0.15) is 0 Å². The van der Waals surface area contributed by atoms with Crippen LogP contribution in [0.25, 0.3) is 0 Å². The van der Waals surface area contributed by atoms with Gasteiger partial charge in [0.05, 0.1) is 0 Å². The first-order chi connectivity index (χ1) is 4.77. The minimum absolute atomic E-state index is 0.241. The molecule has 58 valence electrons. The van der Waals surface area contributed by atoms with E-state index < -0.39 is 0 Å². The zero-order chi connectivity index (χ0) is 7.56. The van der Waals surface area contributed by atoms with Crippen LogP contribution in [0.1, 0.15) is 13.3 Å². The monoisotopic (exact) mass is 160 g/mol. The Balaban J connectivity index is 2.44. The fourth-order valence-electron chi connectivity index (χ4n) is 1.13. The molecular weight excluding hydrogens is 148 g/mol. The Bertz CT molecular complexity index is 140. The van der Waals surface area contributed by atoms with Crippen LogP contribution in [0.4, 0.5) is 0 Å². The number of likely N-dealkylation sites (tertiary alicyclic amines) is 1. The smallest absolute Gasteiger partial charge is 0.223 e. The van der Waals surface area contributed by atoms with Crippen molar-refractivity contribution >= 4 is 17.9 Å². The summed E-state index contributed by atoms with van der Waals surface area (Å²) >= 11 is 1.29. The first-order valence-corrected chi connectivity index (χ1v) is 4.35. The van der Waals surface area contributed by atoms with Gasteiger partial charge in [0.15, 0.2) is 0 Å². The van der Waals surface area contributed by atoms with Crippen molar-refractivity contribution in [2.75, 3.05) is 13.1 Å². The number of carbonyl (C=O) groups is 1. The Morgan fingerprint density at radius 2 is 2.60 bits per heavy atom. The number of nitrogens with zero attached hydrogens (tertiary/aromatic N) is 1. The van der Waals surface area contributed by atoms with E-state index in [1.54, 1.807) is 0 Å². The molecule has 10 heavy (non-hydrogen) atoms. The van der Waals surface area contributed by atoms with Crippen LogP contribution >= 0.6 is 11.9 Å². The molecular formula is C6H12N2OS. The SMILES string of the molecule is CCN1CC(SN)CC1=O. The quantitative estimate of drug-likeness (QED) is 0.587. The second-order valence-electron chi connectivity index (χ2n) is 2.39. The van der Waals surface area contributed by atoms with Crippen LogP contribution in [0.15, 0.2) is 0 Å². The van der Waals surface area contributed by atoms with Gasteiger partial charge in [0, 0.05) is 24.8 Å².